The van der Waals surface area contributed by atoms with Gasteiger partial charge in [0, 0.05) is 57.7 Å². The third-order valence-electron chi connectivity index (χ3n) is 5.14. The van der Waals surface area contributed by atoms with E-state index in [4.69, 9.17) is 0 Å². The van der Waals surface area contributed by atoms with Crippen molar-refractivity contribution in [1.29, 1.82) is 0 Å². The molecule has 0 aliphatic carbocycles. The number of piperazine rings is 1. The van der Waals surface area contributed by atoms with Crippen LogP contribution < -0.4 is 10.2 Å². The summed E-state index contributed by atoms with van der Waals surface area (Å²) in [7, 11) is 4.08. The Kier molecular flexibility index (Phi) is 5.12. The van der Waals surface area contributed by atoms with Crippen LogP contribution in [-0.4, -0.2) is 63.8 Å². The van der Waals surface area contributed by atoms with Crippen molar-refractivity contribution >= 4 is 11.7 Å². The van der Waals surface area contributed by atoms with E-state index in [0.29, 0.717) is 12.2 Å². The highest BCUT2D eigenvalue weighted by atomic mass is 16.1. The Morgan fingerprint density at radius 1 is 1.18 bits per heavy atom. The molecule has 0 bridgehead atoms. The lowest BCUT2D eigenvalue weighted by atomic mass is 10.2. The minimum Gasteiger partial charge on any atom is -0.354 e. The van der Waals surface area contributed by atoms with Gasteiger partial charge in [0.2, 0.25) is 0 Å². The number of amides is 1. The molecule has 4 rings (SSSR count). The van der Waals surface area contributed by atoms with Gasteiger partial charge in [-0.05, 0) is 31.3 Å². The lowest BCUT2D eigenvalue weighted by Gasteiger charge is -2.34. The van der Waals surface area contributed by atoms with E-state index >= 15 is 0 Å². The number of H-pyrrole nitrogens is 1. The van der Waals surface area contributed by atoms with E-state index in [2.05, 4.69) is 37.3 Å². The number of hydrogen-bond donors (Lipinski definition) is 2. The molecule has 1 aliphatic rings. The van der Waals surface area contributed by atoms with Crippen LogP contribution in [0.2, 0.25) is 0 Å². The van der Waals surface area contributed by atoms with Crippen LogP contribution in [0.4, 0.5) is 5.82 Å². The summed E-state index contributed by atoms with van der Waals surface area (Å²) >= 11 is 0. The average molecular weight is 379 g/mol. The van der Waals surface area contributed by atoms with Crippen LogP contribution in [0.15, 0.2) is 42.7 Å². The summed E-state index contributed by atoms with van der Waals surface area (Å²) in [6.45, 7) is 4.33. The van der Waals surface area contributed by atoms with Gasteiger partial charge in [-0.2, -0.15) is 5.10 Å². The van der Waals surface area contributed by atoms with Gasteiger partial charge in [-0.25, -0.2) is 4.98 Å². The van der Waals surface area contributed by atoms with E-state index in [-0.39, 0.29) is 5.91 Å². The summed E-state index contributed by atoms with van der Waals surface area (Å²) in [6, 6.07) is 9.62. The number of anilines is 1. The predicted octanol–water partition coefficient (Wildman–Crippen LogP) is 1.49. The maximum atomic E-state index is 12.6. The maximum absolute atomic E-state index is 12.6. The number of rotatable bonds is 5. The highest BCUT2D eigenvalue weighted by Gasteiger charge is 2.19. The summed E-state index contributed by atoms with van der Waals surface area (Å²) in [6.07, 6.45) is 3.76. The highest BCUT2D eigenvalue weighted by molar-refractivity contribution is 5.93. The molecule has 3 aromatic heterocycles. The van der Waals surface area contributed by atoms with Crippen LogP contribution >= 0.6 is 0 Å². The normalized spacial score (nSPS) is 15.0. The Bertz CT molecular complexity index is 953. The van der Waals surface area contributed by atoms with Gasteiger partial charge in [0.05, 0.1) is 5.69 Å². The molecule has 28 heavy (non-hydrogen) atoms. The van der Waals surface area contributed by atoms with E-state index in [1.54, 1.807) is 12.3 Å². The summed E-state index contributed by atoms with van der Waals surface area (Å²) < 4.78 is 1.97. The fourth-order valence-corrected chi connectivity index (χ4v) is 3.44. The van der Waals surface area contributed by atoms with Crippen molar-refractivity contribution < 1.29 is 4.79 Å². The second-order valence-corrected chi connectivity index (χ2v) is 7.13. The number of hydrogen-bond acceptors (Lipinski definition) is 5. The maximum Gasteiger partial charge on any atom is 0.269 e. The Morgan fingerprint density at radius 2 is 2.00 bits per heavy atom. The van der Waals surface area contributed by atoms with Gasteiger partial charge in [0.25, 0.3) is 5.91 Å². The Morgan fingerprint density at radius 3 is 2.75 bits per heavy atom. The molecule has 0 unspecified atom stereocenters. The predicted molar refractivity (Wildman–Crippen MR) is 108 cm³/mol. The van der Waals surface area contributed by atoms with Crippen molar-refractivity contribution in [2.45, 2.75) is 6.54 Å². The quantitative estimate of drug-likeness (QED) is 0.702. The van der Waals surface area contributed by atoms with Gasteiger partial charge in [0.15, 0.2) is 0 Å². The SMILES string of the molecule is CN1CCN(c2ncccc2CNC(=O)c2cc(-c3cccn3C)n[nH]2)CC1. The number of carbonyl (C=O) groups is 1. The van der Waals surface area contributed by atoms with E-state index in [0.717, 1.165) is 48.9 Å². The number of aryl methyl sites for hydroxylation is 1. The zero-order valence-corrected chi connectivity index (χ0v) is 16.2. The molecule has 0 aromatic carbocycles. The van der Waals surface area contributed by atoms with Crippen LogP contribution in [0.25, 0.3) is 11.4 Å². The van der Waals surface area contributed by atoms with Crippen LogP contribution in [0.5, 0.6) is 0 Å². The molecule has 1 aliphatic heterocycles. The molecule has 4 heterocycles. The Hall–Kier alpha value is -3.13. The summed E-state index contributed by atoms with van der Waals surface area (Å²) in [5, 5.41) is 10.1. The molecular weight excluding hydrogens is 354 g/mol. The second kappa shape index (κ2) is 7.85. The first-order valence-electron chi connectivity index (χ1n) is 9.44. The van der Waals surface area contributed by atoms with Crippen molar-refractivity contribution in [1.82, 2.24) is 30.0 Å². The fraction of sp³-hybridized carbons (Fsp3) is 0.350. The van der Waals surface area contributed by atoms with E-state index in [1.807, 2.05) is 42.1 Å². The third kappa shape index (κ3) is 3.77. The first-order valence-corrected chi connectivity index (χ1v) is 9.44. The largest absolute Gasteiger partial charge is 0.354 e. The molecule has 0 saturated carbocycles. The van der Waals surface area contributed by atoms with E-state index in [1.165, 1.54) is 0 Å². The number of nitrogens with zero attached hydrogens (tertiary/aromatic N) is 5. The number of aromatic nitrogens is 4. The molecule has 0 radical (unpaired) electrons. The number of carbonyl (C=O) groups excluding carboxylic acids is 1. The molecule has 1 saturated heterocycles. The third-order valence-corrected chi connectivity index (χ3v) is 5.14. The highest BCUT2D eigenvalue weighted by Crippen LogP contribution is 2.20. The minimum absolute atomic E-state index is 0.180. The minimum atomic E-state index is -0.180. The molecule has 8 heteroatoms. The Balaban J connectivity index is 1.43. The fourth-order valence-electron chi connectivity index (χ4n) is 3.44. The summed E-state index contributed by atoms with van der Waals surface area (Å²) in [5.41, 5.74) is 3.17. The van der Waals surface area contributed by atoms with E-state index < -0.39 is 0 Å². The van der Waals surface area contributed by atoms with Crippen LogP contribution in [0, 0.1) is 0 Å². The van der Waals surface area contributed by atoms with Gasteiger partial charge in [0.1, 0.15) is 17.2 Å². The van der Waals surface area contributed by atoms with Gasteiger partial charge >= 0.3 is 0 Å². The molecule has 0 spiro atoms. The van der Waals surface area contributed by atoms with Crippen LogP contribution in [0.3, 0.4) is 0 Å². The van der Waals surface area contributed by atoms with Crippen molar-refractivity contribution in [3.63, 3.8) is 0 Å². The molecule has 1 fully saturated rings. The lowest BCUT2D eigenvalue weighted by Crippen LogP contribution is -2.45. The van der Waals surface area contributed by atoms with Gasteiger partial charge in [-0.1, -0.05) is 6.07 Å². The molecule has 2 N–H and O–H groups in total. The molecule has 146 valence electrons. The van der Waals surface area contributed by atoms with Crippen LogP contribution in [0.1, 0.15) is 16.1 Å². The number of nitrogens with one attached hydrogen (secondary N) is 2. The standard InChI is InChI=1S/C20H25N7O/c1-25-9-11-27(12-10-25)19-15(5-3-7-21-19)14-22-20(28)17-13-16(23-24-17)18-6-4-8-26(18)2/h3-8,13H,9-12,14H2,1-2H3,(H,22,28)(H,23,24). The summed E-state index contributed by atoms with van der Waals surface area (Å²) in [4.78, 5) is 21.7. The summed E-state index contributed by atoms with van der Waals surface area (Å²) in [5.74, 6) is 0.770. The molecule has 3 aromatic rings. The second-order valence-electron chi connectivity index (χ2n) is 7.13. The lowest BCUT2D eigenvalue weighted by molar-refractivity contribution is 0.0946. The van der Waals surface area contributed by atoms with Crippen molar-refractivity contribution in [3.8, 4) is 11.4 Å². The first-order chi connectivity index (χ1) is 13.6. The molecular formula is C20H25N7O. The number of pyridine rings is 1. The van der Waals surface area contributed by atoms with E-state index in [9.17, 15) is 4.79 Å². The monoisotopic (exact) mass is 379 g/mol. The van der Waals surface area contributed by atoms with Crippen LogP contribution in [-0.2, 0) is 13.6 Å². The van der Waals surface area contributed by atoms with Crippen molar-refractivity contribution in [2.75, 3.05) is 38.1 Å². The average Bonchev–Trinajstić information content (AvgIpc) is 3.36. The van der Waals surface area contributed by atoms with Gasteiger partial charge < -0.3 is 19.7 Å². The first kappa shape index (κ1) is 18.2. The molecule has 8 nitrogen and oxygen atoms in total. The van der Waals surface area contributed by atoms with Crippen molar-refractivity contribution in [2.24, 2.45) is 7.05 Å². The Labute approximate surface area is 164 Å². The number of aromatic amines is 1. The molecule has 0 atom stereocenters. The molecule has 1 amide bonds. The zero-order chi connectivity index (χ0) is 19.5. The van der Waals surface area contributed by atoms with Crippen molar-refractivity contribution in [3.05, 3.63) is 54.0 Å². The smallest absolute Gasteiger partial charge is 0.269 e. The van der Waals surface area contributed by atoms with Gasteiger partial charge in [-0.3, -0.25) is 9.89 Å². The van der Waals surface area contributed by atoms with Gasteiger partial charge in [-0.15, -0.1) is 0 Å². The number of likely N-dealkylation sites (N-methyl/N-ethyl adjacent to an activating group) is 1. The zero-order valence-electron chi connectivity index (χ0n) is 16.2. The topological polar surface area (TPSA) is 82.1 Å².